The molecule has 0 spiro atoms. The second-order valence-electron chi connectivity index (χ2n) is 4.61. The summed E-state index contributed by atoms with van der Waals surface area (Å²) in [5.74, 6) is 1.78. The number of rotatable bonds is 2. The summed E-state index contributed by atoms with van der Waals surface area (Å²) < 4.78 is 16.0. The van der Waals surface area contributed by atoms with Crippen LogP contribution in [0.5, 0.6) is 17.2 Å². The van der Waals surface area contributed by atoms with E-state index >= 15 is 0 Å². The minimum absolute atomic E-state index is 0.0448. The molecular formula is C16H15NO4. The van der Waals surface area contributed by atoms with Gasteiger partial charge < -0.3 is 19.5 Å². The highest BCUT2D eigenvalue weighted by molar-refractivity contribution is 5.98. The van der Waals surface area contributed by atoms with Crippen molar-refractivity contribution in [2.45, 2.75) is 0 Å². The lowest BCUT2D eigenvalue weighted by Crippen LogP contribution is -2.22. The average molecular weight is 285 g/mol. The summed E-state index contributed by atoms with van der Waals surface area (Å²) in [4.78, 5) is 11.9. The molecule has 5 nitrogen and oxygen atoms in total. The van der Waals surface area contributed by atoms with Crippen LogP contribution in [0.2, 0.25) is 0 Å². The summed E-state index contributed by atoms with van der Waals surface area (Å²) in [6, 6.07) is 11.1. The number of nitrogens with one attached hydrogen (secondary N) is 1. The summed E-state index contributed by atoms with van der Waals surface area (Å²) in [6.07, 6.45) is 0. The maximum Gasteiger partial charge on any atom is 0.262 e. The third kappa shape index (κ3) is 2.50. The SMILES string of the molecule is COc1ccc2c(c1)NC(=O)COc1cc(OC)ccc1-2. The molecule has 21 heavy (non-hydrogen) atoms. The van der Waals surface area contributed by atoms with E-state index in [1.807, 2.05) is 24.3 Å². The quantitative estimate of drug-likeness (QED) is 0.921. The predicted molar refractivity (Wildman–Crippen MR) is 79.1 cm³/mol. The van der Waals surface area contributed by atoms with Crippen LogP contribution in [0.4, 0.5) is 5.69 Å². The molecule has 2 aromatic rings. The van der Waals surface area contributed by atoms with E-state index in [0.717, 1.165) is 11.1 Å². The van der Waals surface area contributed by atoms with Crippen molar-refractivity contribution in [3.63, 3.8) is 0 Å². The molecule has 1 amide bonds. The number of hydrogen-bond acceptors (Lipinski definition) is 4. The van der Waals surface area contributed by atoms with Gasteiger partial charge in [-0.1, -0.05) is 0 Å². The molecule has 0 aliphatic carbocycles. The van der Waals surface area contributed by atoms with Gasteiger partial charge in [0.1, 0.15) is 17.2 Å². The zero-order chi connectivity index (χ0) is 14.8. The van der Waals surface area contributed by atoms with Crippen molar-refractivity contribution in [3.8, 4) is 28.4 Å². The number of ether oxygens (including phenoxy) is 3. The van der Waals surface area contributed by atoms with Crippen molar-refractivity contribution >= 4 is 11.6 Å². The fourth-order valence-corrected chi connectivity index (χ4v) is 2.29. The largest absolute Gasteiger partial charge is 0.497 e. The molecular weight excluding hydrogens is 270 g/mol. The van der Waals surface area contributed by atoms with Gasteiger partial charge in [-0.25, -0.2) is 0 Å². The van der Waals surface area contributed by atoms with Gasteiger partial charge in [-0.15, -0.1) is 0 Å². The Morgan fingerprint density at radius 2 is 1.67 bits per heavy atom. The highest BCUT2D eigenvalue weighted by Crippen LogP contribution is 2.39. The molecule has 1 aliphatic heterocycles. The van der Waals surface area contributed by atoms with Gasteiger partial charge in [0.15, 0.2) is 6.61 Å². The normalized spacial score (nSPS) is 13.0. The Labute approximate surface area is 122 Å². The maximum absolute atomic E-state index is 11.9. The molecule has 0 fully saturated rings. The van der Waals surface area contributed by atoms with Crippen LogP contribution in [-0.4, -0.2) is 26.7 Å². The van der Waals surface area contributed by atoms with Gasteiger partial charge in [0.25, 0.3) is 5.91 Å². The molecule has 1 aliphatic rings. The summed E-state index contributed by atoms with van der Waals surface area (Å²) in [5, 5.41) is 2.83. The lowest BCUT2D eigenvalue weighted by Gasteiger charge is -2.20. The first-order valence-corrected chi connectivity index (χ1v) is 6.50. The number of fused-ring (bicyclic) bond motifs is 3. The number of benzene rings is 2. The van der Waals surface area contributed by atoms with Crippen molar-refractivity contribution in [2.75, 3.05) is 26.1 Å². The third-order valence-electron chi connectivity index (χ3n) is 3.34. The highest BCUT2D eigenvalue weighted by atomic mass is 16.5. The van der Waals surface area contributed by atoms with Crippen LogP contribution in [0, 0.1) is 0 Å². The zero-order valence-electron chi connectivity index (χ0n) is 11.8. The van der Waals surface area contributed by atoms with E-state index in [2.05, 4.69) is 5.32 Å². The van der Waals surface area contributed by atoms with E-state index in [9.17, 15) is 4.79 Å². The second-order valence-corrected chi connectivity index (χ2v) is 4.61. The molecule has 0 saturated heterocycles. The van der Waals surface area contributed by atoms with Crippen molar-refractivity contribution < 1.29 is 19.0 Å². The lowest BCUT2D eigenvalue weighted by molar-refractivity contribution is -0.118. The molecule has 2 aromatic carbocycles. The minimum Gasteiger partial charge on any atom is -0.497 e. The van der Waals surface area contributed by atoms with Crippen LogP contribution in [-0.2, 0) is 4.79 Å². The topological polar surface area (TPSA) is 56.8 Å². The highest BCUT2D eigenvalue weighted by Gasteiger charge is 2.18. The van der Waals surface area contributed by atoms with Crippen molar-refractivity contribution in [1.29, 1.82) is 0 Å². The average Bonchev–Trinajstić information content (AvgIpc) is 2.51. The third-order valence-corrected chi connectivity index (χ3v) is 3.34. The number of hydrogen-bond donors (Lipinski definition) is 1. The molecule has 3 rings (SSSR count). The van der Waals surface area contributed by atoms with E-state index in [0.29, 0.717) is 22.9 Å². The van der Waals surface area contributed by atoms with Crippen molar-refractivity contribution in [2.24, 2.45) is 0 Å². The smallest absolute Gasteiger partial charge is 0.262 e. The van der Waals surface area contributed by atoms with Crippen LogP contribution in [0.3, 0.4) is 0 Å². The Kier molecular flexibility index (Phi) is 3.39. The molecule has 1 heterocycles. The number of amides is 1. The van der Waals surface area contributed by atoms with E-state index in [-0.39, 0.29) is 12.5 Å². The van der Waals surface area contributed by atoms with Gasteiger partial charge in [0.05, 0.1) is 19.9 Å². The van der Waals surface area contributed by atoms with E-state index in [1.54, 1.807) is 26.4 Å². The van der Waals surface area contributed by atoms with Gasteiger partial charge in [-0.05, 0) is 24.3 Å². The summed E-state index contributed by atoms with van der Waals surface area (Å²) >= 11 is 0. The molecule has 1 N–H and O–H groups in total. The predicted octanol–water partition coefficient (Wildman–Crippen LogP) is 2.70. The molecule has 0 atom stereocenters. The molecule has 108 valence electrons. The van der Waals surface area contributed by atoms with Crippen molar-refractivity contribution in [3.05, 3.63) is 36.4 Å². The number of methoxy groups -OCH3 is 2. The molecule has 0 bridgehead atoms. The molecule has 5 heteroatoms. The standard InChI is InChI=1S/C16H15NO4/c1-19-10-3-5-12-13-6-4-11(20-2)8-15(13)21-9-16(18)17-14(12)7-10/h3-8H,9H2,1-2H3,(H,17,18). The zero-order valence-corrected chi connectivity index (χ0v) is 11.8. The van der Waals surface area contributed by atoms with Crippen LogP contribution in [0.1, 0.15) is 0 Å². The number of anilines is 1. The second kappa shape index (κ2) is 5.36. The van der Waals surface area contributed by atoms with Gasteiger partial charge in [0.2, 0.25) is 0 Å². The number of carbonyl (C=O) groups excluding carboxylic acids is 1. The van der Waals surface area contributed by atoms with Crippen LogP contribution < -0.4 is 19.5 Å². The summed E-state index contributed by atoms with van der Waals surface area (Å²) in [5.41, 5.74) is 2.48. The molecule has 0 radical (unpaired) electrons. The Morgan fingerprint density at radius 3 is 2.38 bits per heavy atom. The van der Waals surface area contributed by atoms with Gasteiger partial charge >= 0.3 is 0 Å². The first-order chi connectivity index (χ1) is 10.2. The van der Waals surface area contributed by atoms with Crippen LogP contribution in [0.15, 0.2) is 36.4 Å². The Balaban J connectivity index is 2.18. The van der Waals surface area contributed by atoms with Gasteiger partial charge in [-0.3, -0.25) is 4.79 Å². The van der Waals surface area contributed by atoms with E-state index in [4.69, 9.17) is 14.2 Å². The Bertz CT molecular complexity index is 697. The monoisotopic (exact) mass is 285 g/mol. The molecule has 0 saturated carbocycles. The maximum atomic E-state index is 11.9. The van der Waals surface area contributed by atoms with Crippen molar-refractivity contribution in [1.82, 2.24) is 0 Å². The lowest BCUT2D eigenvalue weighted by atomic mass is 10.0. The summed E-state index contributed by atoms with van der Waals surface area (Å²) in [6.45, 7) is -0.0448. The first kappa shape index (κ1) is 13.3. The van der Waals surface area contributed by atoms with E-state index < -0.39 is 0 Å². The molecule has 0 unspecified atom stereocenters. The molecule has 0 aromatic heterocycles. The first-order valence-electron chi connectivity index (χ1n) is 6.50. The van der Waals surface area contributed by atoms with Crippen LogP contribution in [0.25, 0.3) is 11.1 Å². The Hall–Kier alpha value is -2.69. The van der Waals surface area contributed by atoms with Gasteiger partial charge in [0, 0.05) is 23.3 Å². The fraction of sp³-hybridized carbons (Fsp3) is 0.188. The van der Waals surface area contributed by atoms with Crippen LogP contribution >= 0.6 is 0 Å². The number of carbonyl (C=O) groups is 1. The fourth-order valence-electron chi connectivity index (χ4n) is 2.29. The minimum atomic E-state index is -0.210. The Morgan fingerprint density at radius 1 is 1.00 bits per heavy atom. The summed E-state index contributed by atoms with van der Waals surface area (Å²) in [7, 11) is 3.19. The van der Waals surface area contributed by atoms with Gasteiger partial charge in [-0.2, -0.15) is 0 Å². The van der Waals surface area contributed by atoms with E-state index in [1.165, 1.54) is 0 Å².